The highest BCUT2D eigenvalue weighted by molar-refractivity contribution is 5.84. The van der Waals surface area contributed by atoms with Gasteiger partial charge in [0.05, 0.1) is 17.9 Å². The van der Waals surface area contributed by atoms with Crippen LogP contribution >= 0.6 is 0 Å². The van der Waals surface area contributed by atoms with Crippen molar-refractivity contribution in [3.63, 3.8) is 0 Å². The van der Waals surface area contributed by atoms with Crippen LogP contribution in [-0.2, 0) is 6.42 Å². The molecular formula is C16H17N5. The largest absolute Gasteiger partial charge is 0.368 e. The third kappa shape index (κ3) is 2.54. The van der Waals surface area contributed by atoms with E-state index < -0.39 is 0 Å². The van der Waals surface area contributed by atoms with Crippen LogP contribution < -0.4 is 5.73 Å². The molecule has 0 radical (unpaired) electrons. The van der Waals surface area contributed by atoms with E-state index in [0.717, 1.165) is 40.1 Å². The molecular weight excluding hydrogens is 262 g/mol. The van der Waals surface area contributed by atoms with E-state index in [1.54, 1.807) is 6.20 Å². The van der Waals surface area contributed by atoms with Gasteiger partial charge in [0.25, 0.3) is 0 Å². The molecule has 0 fully saturated rings. The fourth-order valence-electron chi connectivity index (χ4n) is 2.48. The highest BCUT2D eigenvalue weighted by Gasteiger charge is 2.18. The van der Waals surface area contributed by atoms with Gasteiger partial charge in [-0.3, -0.25) is 0 Å². The lowest BCUT2D eigenvalue weighted by Crippen LogP contribution is -1.99. The summed E-state index contributed by atoms with van der Waals surface area (Å²) in [5.74, 6) is 0.329. The standard InChI is InChI=1S/C16H17N5/c1-3-19-21-14-6-4-11(8-10(14)2)12-5-7-15-13(12)9-18-16(17)20-15/h4-6,8-9H,3,7H2,1-2H3,(H2,17,18,20). The first-order valence-corrected chi connectivity index (χ1v) is 6.99. The summed E-state index contributed by atoms with van der Waals surface area (Å²) in [5.41, 5.74) is 12.0. The second kappa shape index (κ2) is 5.44. The quantitative estimate of drug-likeness (QED) is 0.874. The van der Waals surface area contributed by atoms with Crippen LogP contribution in [0.15, 0.2) is 40.7 Å². The number of aromatic nitrogens is 2. The molecule has 0 aliphatic heterocycles. The predicted octanol–water partition coefficient (Wildman–Crippen LogP) is 3.46. The maximum atomic E-state index is 5.64. The minimum Gasteiger partial charge on any atom is -0.368 e. The van der Waals surface area contributed by atoms with Crippen LogP contribution in [0.3, 0.4) is 0 Å². The van der Waals surface area contributed by atoms with Gasteiger partial charge in [-0.1, -0.05) is 12.1 Å². The lowest BCUT2D eigenvalue weighted by atomic mass is 10.00. The number of allylic oxidation sites excluding steroid dienone is 1. The van der Waals surface area contributed by atoms with Crippen molar-refractivity contribution in [3.8, 4) is 0 Å². The van der Waals surface area contributed by atoms with Crippen LogP contribution in [0.4, 0.5) is 11.6 Å². The number of hydrogen-bond donors (Lipinski definition) is 1. The van der Waals surface area contributed by atoms with Crippen molar-refractivity contribution in [2.24, 2.45) is 10.2 Å². The Balaban J connectivity index is 1.97. The Morgan fingerprint density at radius 1 is 1.33 bits per heavy atom. The van der Waals surface area contributed by atoms with E-state index in [1.807, 2.05) is 19.9 Å². The van der Waals surface area contributed by atoms with Gasteiger partial charge in [-0.05, 0) is 42.7 Å². The summed E-state index contributed by atoms with van der Waals surface area (Å²) in [6.45, 7) is 4.71. The number of nitrogen functional groups attached to an aromatic ring is 1. The molecule has 1 aliphatic rings. The molecule has 1 aromatic carbocycles. The summed E-state index contributed by atoms with van der Waals surface area (Å²) in [7, 11) is 0. The Bertz CT molecular complexity index is 746. The molecule has 5 nitrogen and oxygen atoms in total. The third-order valence-electron chi connectivity index (χ3n) is 3.50. The van der Waals surface area contributed by atoms with Crippen molar-refractivity contribution in [1.29, 1.82) is 0 Å². The number of fused-ring (bicyclic) bond motifs is 1. The number of azo groups is 1. The van der Waals surface area contributed by atoms with Crippen molar-refractivity contribution in [1.82, 2.24) is 9.97 Å². The average molecular weight is 279 g/mol. The maximum absolute atomic E-state index is 5.64. The molecule has 0 amide bonds. The smallest absolute Gasteiger partial charge is 0.220 e. The number of anilines is 1. The Labute approximate surface area is 123 Å². The van der Waals surface area contributed by atoms with Crippen molar-refractivity contribution in [3.05, 3.63) is 52.9 Å². The maximum Gasteiger partial charge on any atom is 0.220 e. The van der Waals surface area contributed by atoms with Gasteiger partial charge in [0.15, 0.2) is 0 Å². The van der Waals surface area contributed by atoms with E-state index >= 15 is 0 Å². The van der Waals surface area contributed by atoms with E-state index in [9.17, 15) is 0 Å². The van der Waals surface area contributed by atoms with E-state index in [-0.39, 0.29) is 0 Å². The first-order valence-electron chi connectivity index (χ1n) is 6.99. The summed E-state index contributed by atoms with van der Waals surface area (Å²) in [5, 5.41) is 8.26. The zero-order valence-electron chi connectivity index (χ0n) is 12.2. The number of rotatable bonds is 3. The third-order valence-corrected chi connectivity index (χ3v) is 3.50. The molecule has 1 aromatic heterocycles. The fraction of sp³-hybridized carbons (Fsp3) is 0.250. The fourth-order valence-corrected chi connectivity index (χ4v) is 2.48. The first kappa shape index (κ1) is 13.4. The van der Waals surface area contributed by atoms with Crippen LogP contribution in [0.25, 0.3) is 5.57 Å². The summed E-state index contributed by atoms with van der Waals surface area (Å²) >= 11 is 0. The lowest BCUT2D eigenvalue weighted by molar-refractivity contribution is 1.00. The zero-order chi connectivity index (χ0) is 14.8. The van der Waals surface area contributed by atoms with Crippen LogP contribution in [0, 0.1) is 6.92 Å². The van der Waals surface area contributed by atoms with Crippen molar-refractivity contribution >= 4 is 17.2 Å². The molecule has 21 heavy (non-hydrogen) atoms. The number of hydrogen-bond acceptors (Lipinski definition) is 5. The van der Waals surface area contributed by atoms with Crippen LogP contribution in [0.5, 0.6) is 0 Å². The van der Waals surface area contributed by atoms with Crippen LogP contribution in [-0.4, -0.2) is 16.5 Å². The summed E-state index contributed by atoms with van der Waals surface area (Å²) in [6, 6.07) is 6.19. The van der Waals surface area contributed by atoms with Gasteiger partial charge in [0.1, 0.15) is 0 Å². The molecule has 0 saturated heterocycles. The van der Waals surface area contributed by atoms with Gasteiger partial charge >= 0.3 is 0 Å². The average Bonchev–Trinajstić information content (AvgIpc) is 2.88. The zero-order valence-corrected chi connectivity index (χ0v) is 12.2. The van der Waals surface area contributed by atoms with E-state index in [4.69, 9.17) is 5.73 Å². The molecule has 1 heterocycles. The van der Waals surface area contributed by atoms with Crippen LogP contribution in [0.2, 0.25) is 0 Å². The van der Waals surface area contributed by atoms with Crippen molar-refractivity contribution < 1.29 is 0 Å². The second-order valence-electron chi connectivity index (χ2n) is 4.97. The molecule has 0 bridgehead atoms. The van der Waals surface area contributed by atoms with Crippen molar-refractivity contribution in [2.45, 2.75) is 20.3 Å². The SMILES string of the molecule is CCN=Nc1ccc(C2=CCc3nc(N)ncc32)cc1C. The molecule has 3 rings (SSSR count). The van der Waals surface area contributed by atoms with Gasteiger partial charge in [0.2, 0.25) is 5.95 Å². The molecule has 2 N–H and O–H groups in total. The summed E-state index contributed by atoms with van der Waals surface area (Å²) < 4.78 is 0. The molecule has 0 saturated carbocycles. The topological polar surface area (TPSA) is 76.5 Å². The van der Waals surface area contributed by atoms with E-state index in [2.05, 4.69) is 38.4 Å². The summed E-state index contributed by atoms with van der Waals surface area (Å²) in [4.78, 5) is 8.39. The van der Waals surface area contributed by atoms with Crippen molar-refractivity contribution in [2.75, 3.05) is 12.3 Å². The monoisotopic (exact) mass is 279 g/mol. The second-order valence-corrected chi connectivity index (χ2v) is 4.97. The van der Waals surface area contributed by atoms with Gasteiger partial charge in [-0.15, -0.1) is 0 Å². The molecule has 2 aromatic rings. The van der Waals surface area contributed by atoms with Gasteiger partial charge in [-0.25, -0.2) is 9.97 Å². The van der Waals surface area contributed by atoms with E-state index in [1.165, 1.54) is 0 Å². The number of aryl methyl sites for hydroxylation is 1. The Hall–Kier alpha value is -2.56. The molecule has 106 valence electrons. The normalized spacial score (nSPS) is 13.5. The Morgan fingerprint density at radius 3 is 2.95 bits per heavy atom. The molecule has 0 atom stereocenters. The Morgan fingerprint density at radius 2 is 2.19 bits per heavy atom. The molecule has 1 aliphatic carbocycles. The number of nitrogens with zero attached hydrogens (tertiary/aromatic N) is 4. The lowest BCUT2D eigenvalue weighted by Gasteiger charge is -2.08. The predicted molar refractivity (Wildman–Crippen MR) is 83.5 cm³/mol. The van der Waals surface area contributed by atoms with Gasteiger partial charge in [-0.2, -0.15) is 10.2 Å². The molecule has 0 spiro atoms. The van der Waals surface area contributed by atoms with Crippen LogP contribution in [0.1, 0.15) is 29.3 Å². The number of nitrogens with two attached hydrogens (primary N) is 1. The highest BCUT2D eigenvalue weighted by atomic mass is 15.1. The minimum absolute atomic E-state index is 0.329. The minimum atomic E-state index is 0.329. The molecule has 5 heteroatoms. The van der Waals surface area contributed by atoms with E-state index in [0.29, 0.717) is 12.5 Å². The highest BCUT2D eigenvalue weighted by Crippen LogP contribution is 2.33. The van der Waals surface area contributed by atoms with Gasteiger partial charge < -0.3 is 5.73 Å². The first-order chi connectivity index (χ1) is 10.2. The summed E-state index contributed by atoms with van der Waals surface area (Å²) in [6.07, 6.45) is 4.77. The van der Waals surface area contributed by atoms with Gasteiger partial charge in [0, 0.05) is 18.2 Å². The number of benzene rings is 1. The molecule has 0 unspecified atom stereocenters. The Kier molecular flexibility index (Phi) is 3.48.